The highest BCUT2D eigenvalue weighted by Crippen LogP contribution is 2.18. The molecular formula is C25H27FN2O2S. The van der Waals surface area contributed by atoms with Crippen molar-refractivity contribution < 1.29 is 14.0 Å². The maximum atomic E-state index is 13.3. The van der Waals surface area contributed by atoms with Crippen molar-refractivity contribution in [1.29, 1.82) is 0 Å². The molecule has 1 heterocycles. The minimum atomic E-state index is -0.310. The molecule has 2 aromatic carbocycles. The SMILES string of the molecule is Cc1ccccc1C(=O)N(CC(=O)N(Cc1ccc(F)cc1)Cc1cccs1)C(C)C. The maximum absolute atomic E-state index is 13.3. The highest BCUT2D eigenvalue weighted by atomic mass is 32.1. The third-order valence-electron chi connectivity index (χ3n) is 5.13. The Morgan fingerprint density at radius 2 is 1.68 bits per heavy atom. The quantitative estimate of drug-likeness (QED) is 0.480. The molecule has 0 unspecified atom stereocenters. The Bertz CT molecular complexity index is 1020. The number of benzene rings is 2. The van der Waals surface area contributed by atoms with Crippen LogP contribution >= 0.6 is 11.3 Å². The Labute approximate surface area is 186 Å². The molecule has 3 aromatic rings. The van der Waals surface area contributed by atoms with E-state index in [1.54, 1.807) is 39.3 Å². The zero-order chi connectivity index (χ0) is 22.4. The molecule has 0 N–H and O–H groups in total. The van der Waals surface area contributed by atoms with Gasteiger partial charge in [0, 0.05) is 23.0 Å². The molecule has 0 radical (unpaired) electrons. The molecule has 4 nitrogen and oxygen atoms in total. The van der Waals surface area contributed by atoms with Gasteiger partial charge in [0.15, 0.2) is 0 Å². The second kappa shape index (κ2) is 10.4. The van der Waals surface area contributed by atoms with Crippen LogP contribution in [0.3, 0.4) is 0 Å². The van der Waals surface area contributed by atoms with Gasteiger partial charge in [-0.1, -0.05) is 36.4 Å². The highest BCUT2D eigenvalue weighted by molar-refractivity contribution is 7.09. The Hall–Kier alpha value is -2.99. The van der Waals surface area contributed by atoms with Crippen LogP contribution in [0.25, 0.3) is 0 Å². The summed E-state index contributed by atoms with van der Waals surface area (Å²) in [6.07, 6.45) is 0. The fraction of sp³-hybridized carbons (Fsp3) is 0.280. The third-order valence-corrected chi connectivity index (χ3v) is 5.99. The van der Waals surface area contributed by atoms with Gasteiger partial charge < -0.3 is 9.80 Å². The Morgan fingerprint density at radius 1 is 0.968 bits per heavy atom. The first-order chi connectivity index (χ1) is 14.8. The highest BCUT2D eigenvalue weighted by Gasteiger charge is 2.25. The van der Waals surface area contributed by atoms with Crippen LogP contribution in [-0.2, 0) is 17.9 Å². The van der Waals surface area contributed by atoms with Gasteiger partial charge in [-0.2, -0.15) is 0 Å². The van der Waals surface area contributed by atoms with Crippen molar-refractivity contribution in [3.63, 3.8) is 0 Å². The first-order valence-electron chi connectivity index (χ1n) is 10.3. The van der Waals surface area contributed by atoms with Crippen molar-refractivity contribution in [3.05, 3.63) is 93.4 Å². The summed E-state index contributed by atoms with van der Waals surface area (Å²) < 4.78 is 13.3. The second-order valence-electron chi connectivity index (χ2n) is 7.80. The minimum absolute atomic E-state index is 0.0165. The minimum Gasteiger partial charge on any atom is -0.332 e. The molecule has 3 rings (SSSR count). The number of halogens is 1. The molecule has 0 aliphatic heterocycles. The Morgan fingerprint density at radius 3 is 2.29 bits per heavy atom. The molecule has 0 aliphatic carbocycles. The monoisotopic (exact) mass is 438 g/mol. The number of hydrogen-bond donors (Lipinski definition) is 0. The topological polar surface area (TPSA) is 40.6 Å². The van der Waals surface area contributed by atoms with E-state index in [0.29, 0.717) is 18.7 Å². The van der Waals surface area contributed by atoms with E-state index >= 15 is 0 Å². The van der Waals surface area contributed by atoms with Crippen LogP contribution in [-0.4, -0.2) is 34.2 Å². The summed E-state index contributed by atoms with van der Waals surface area (Å²) in [7, 11) is 0. The van der Waals surface area contributed by atoms with Gasteiger partial charge in [0.2, 0.25) is 5.91 Å². The van der Waals surface area contributed by atoms with Gasteiger partial charge in [0.25, 0.3) is 5.91 Å². The Balaban J connectivity index is 1.81. The van der Waals surface area contributed by atoms with Gasteiger partial charge in [-0.05, 0) is 61.5 Å². The molecule has 0 bridgehead atoms. The van der Waals surface area contributed by atoms with Crippen LogP contribution in [0.15, 0.2) is 66.0 Å². The van der Waals surface area contributed by atoms with E-state index in [4.69, 9.17) is 0 Å². The zero-order valence-electron chi connectivity index (χ0n) is 18.0. The van der Waals surface area contributed by atoms with E-state index in [1.165, 1.54) is 12.1 Å². The molecule has 1 aromatic heterocycles. The van der Waals surface area contributed by atoms with E-state index in [2.05, 4.69) is 0 Å². The van der Waals surface area contributed by atoms with Crippen LogP contribution in [0, 0.1) is 12.7 Å². The summed E-state index contributed by atoms with van der Waals surface area (Å²) in [5.74, 6) is -0.609. The van der Waals surface area contributed by atoms with Crippen molar-refractivity contribution in [1.82, 2.24) is 9.80 Å². The lowest BCUT2D eigenvalue weighted by Gasteiger charge is -2.30. The van der Waals surface area contributed by atoms with E-state index in [-0.39, 0.29) is 30.2 Å². The van der Waals surface area contributed by atoms with E-state index < -0.39 is 0 Å². The fourth-order valence-electron chi connectivity index (χ4n) is 3.34. The van der Waals surface area contributed by atoms with Crippen molar-refractivity contribution >= 4 is 23.2 Å². The van der Waals surface area contributed by atoms with Crippen LogP contribution in [0.1, 0.15) is 40.2 Å². The summed E-state index contributed by atoms with van der Waals surface area (Å²) in [5.41, 5.74) is 2.33. The number of thiophene rings is 1. The van der Waals surface area contributed by atoms with Crippen molar-refractivity contribution in [3.8, 4) is 0 Å². The number of rotatable bonds is 8. The summed E-state index contributed by atoms with van der Waals surface area (Å²) in [5, 5.41) is 1.97. The molecular weight excluding hydrogens is 411 g/mol. The molecule has 6 heteroatoms. The van der Waals surface area contributed by atoms with E-state index in [0.717, 1.165) is 16.0 Å². The van der Waals surface area contributed by atoms with Crippen LogP contribution in [0.2, 0.25) is 0 Å². The molecule has 0 saturated heterocycles. The van der Waals surface area contributed by atoms with E-state index in [9.17, 15) is 14.0 Å². The number of hydrogen-bond acceptors (Lipinski definition) is 3. The first-order valence-corrected chi connectivity index (χ1v) is 11.1. The maximum Gasteiger partial charge on any atom is 0.254 e. The number of amides is 2. The fourth-order valence-corrected chi connectivity index (χ4v) is 4.05. The van der Waals surface area contributed by atoms with Crippen LogP contribution in [0.5, 0.6) is 0 Å². The molecule has 0 saturated carbocycles. The van der Waals surface area contributed by atoms with Gasteiger partial charge in [-0.3, -0.25) is 9.59 Å². The summed E-state index contributed by atoms with van der Waals surface area (Å²) >= 11 is 1.58. The average Bonchev–Trinajstić information content (AvgIpc) is 3.26. The molecule has 2 amide bonds. The standard InChI is InChI=1S/C25H27FN2O2S/c1-18(2)28(25(30)23-9-5-4-7-19(23)3)17-24(29)27(16-22-8-6-14-31-22)15-20-10-12-21(26)13-11-20/h4-14,18H,15-17H2,1-3H3. The summed E-state index contributed by atoms with van der Waals surface area (Å²) in [6, 6.07) is 17.4. The van der Waals surface area contributed by atoms with E-state index in [1.807, 2.05) is 56.5 Å². The number of nitrogens with zero attached hydrogens (tertiary/aromatic N) is 2. The van der Waals surface area contributed by atoms with Crippen molar-refractivity contribution in [2.24, 2.45) is 0 Å². The second-order valence-corrected chi connectivity index (χ2v) is 8.83. The van der Waals surface area contributed by atoms with Crippen molar-refractivity contribution in [2.75, 3.05) is 6.54 Å². The van der Waals surface area contributed by atoms with Gasteiger partial charge in [-0.25, -0.2) is 4.39 Å². The van der Waals surface area contributed by atoms with Gasteiger partial charge in [0.1, 0.15) is 12.4 Å². The predicted octanol–water partition coefficient (Wildman–Crippen LogP) is 5.28. The molecule has 0 atom stereocenters. The number of carbonyl (C=O) groups excluding carboxylic acids is 2. The molecule has 0 spiro atoms. The third kappa shape index (κ3) is 6.01. The predicted molar refractivity (Wildman–Crippen MR) is 122 cm³/mol. The lowest BCUT2D eigenvalue weighted by Crippen LogP contribution is -2.45. The lowest BCUT2D eigenvalue weighted by molar-refractivity contribution is -0.133. The Kier molecular flexibility index (Phi) is 7.58. The zero-order valence-corrected chi connectivity index (χ0v) is 18.9. The molecule has 0 aliphatic rings. The number of carbonyl (C=O) groups is 2. The van der Waals surface area contributed by atoms with Crippen molar-refractivity contribution in [2.45, 2.75) is 39.9 Å². The number of aryl methyl sites for hydroxylation is 1. The van der Waals surface area contributed by atoms with Gasteiger partial charge in [-0.15, -0.1) is 11.3 Å². The molecule has 0 fully saturated rings. The van der Waals surface area contributed by atoms with Crippen LogP contribution in [0.4, 0.5) is 4.39 Å². The van der Waals surface area contributed by atoms with Gasteiger partial charge >= 0.3 is 0 Å². The molecule has 31 heavy (non-hydrogen) atoms. The lowest BCUT2D eigenvalue weighted by atomic mass is 10.1. The van der Waals surface area contributed by atoms with Gasteiger partial charge in [0.05, 0.1) is 6.54 Å². The first kappa shape index (κ1) is 22.7. The molecule has 162 valence electrons. The average molecular weight is 439 g/mol. The normalized spacial score (nSPS) is 10.9. The summed E-state index contributed by atoms with van der Waals surface area (Å²) in [6.45, 7) is 6.49. The van der Waals surface area contributed by atoms with Crippen LogP contribution < -0.4 is 0 Å². The summed E-state index contributed by atoms with van der Waals surface area (Å²) in [4.78, 5) is 30.9. The smallest absolute Gasteiger partial charge is 0.254 e. The largest absolute Gasteiger partial charge is 0.332 e.